The number of methoxy groups -OCH3 is 1. The third-order valence-corrected chi connectivity index (χ3v) is 4.05. The summed E-state index contributed by atoms with van der Waals surface area (Å²) in [5.74, 6) is 1.93. The van der Waals surface area contributed by atoms with E-state index in [4.69, 9.17) is 13.6 Å². The van der Waals surface area contributed by atoms with Crippen molar-refractivity contribution in [1.82, 2.24) is 10.9 Å². The fraction of sp³-hybridized carbons (Fsp3) is 0.200. The zero-order valence-corrected chi connectivity index (χ0v) is 15.1. The Balaban J connectivity index is 1.48. The number of benzene rings is 1. The number of hydrogen-bond acceptors (Lipinski definition) is 5. The molecule has 2 heterocycles. The van der Waals surface area contributed by atoms with Gasteiger partial charge in [-0.3, -0.25) is 20.4 Å². The highest BCUT2D eigenvalue weighted by molar-refractivity contribution is 5.96. The molecule has 0 bridgehead atoms. The Morgan fingerprint density at radius 2 is 1.81 bits per heavy atom. The Morgan fingerprint density at radius 1 is 1.04 bits per heavy atom. The Hall–Kier alpha value is -3.48. The average molecular weight is 368 g/mol. The summed E-state index contributed by atoms with van der Waals surface area (Å²) in [4.78, 5) is 23.8. The summed E-state index contributed by atoms with van der Waals surface area (Å²) < 4.78 is 16.0. The number of hydrazine groups is 1. The summed E-state index contributed by atoms with van der Waals surface area (Å²) in [5, 5.41) is 0. The maximum Gasteiger partial charge on any atom is 0.273 e. The first-order valence-electron chi connectivity index (χ1n) is 8.43. The van der Waals surface area contributed by atoms with Crippen LogP contribution in [0.2, 0.25) is 0 Å². The fourth-order valence-electron chi connectivity index (χ4n) is 2.54. The van der Waals surface area contributed by atoms with Gasteiger partial charge in [0, 0.05) is 18.4 Å². The molecule has 0 atom stereocenters. The topological polar surface area (TPSA) is 93.7 Å². The van der Waals surface area contributed by atoms with E-state index in [1.54, 1.807) is 20.1 Å². The standard InChI is InChI=1S/C20H20N2O5/c1-13-17(11-12-26-13)20(24)22-21-19(23)10-8-16-7-9-18(27-16)14-3-5-15(25-2)6-4-14/h3-7,9,11-12H,8,10H2,1-2H3,(H,21,23)(H,22,24). The number of carbonyl (C=O) groups is 2. The minimum Gasteiger partial charge on any atom is -0.497 e. The molecule has 0 radical (unpaired) electrons. The van der Waals surface area contributed by atoms with Crippen LogP contribution in [0.25, 0.3) is 11.3 Å². The van der Waals surface area contributed by atoms with Gasteiger partial charge < -0.3 is 13.6 Å². The van der Waals surface area contributed by atoms with E-state index < -0.39 is 5.91 Å². The SMILES string of the molecule is COc1ccc(-c2ccc(CCC(=O)NNC(=O)c3ccoc3C)o2)cc1. The highest BCUT2D eigenvalue weighted by Gasteiger charge is 2.13. The van der Waals surface area contributed by atoms with Crippen LogP contribution >= 0.6 is 0 Å². The maximum atomic E-state index is 11.9. The van der Waals surface area contributed by atoms with Gasteiger partial charge in [0.2, 0.25) is 5.91 Å². The summed E-state index contributed by atoms with van der Waals surface area (Å²) in [6.07, 6.45) is 2.02. The van der Waals surface area contributed by atoms with E-state index in [1.165, 1.54) is 6.26 Å². The van der Waals surface area contributed by atoms with E-state index in [9.17, 15) is 9.59 Å². The molecule has 0 spiro atoms. The minimum absolute atomic E-state index is 0.181. The summed E-state index contributed by atoms with van der Waals surface area (Å²) in [6, 6.07) is 12.8. The third-order valence-electron chi connectivity index (χ3n) is 4.05. The molecule has 7 heteroatoms. The lowest BCUT2D eigenvalue weighted by molar-refractivity contribution is -0.121. The van der Waals surface area contributed by atoms with Gasteiger partial charge in [0.25, 0.3) is 5.91 Å². The molecule has 0 saturated carbocycles. The monoisotopic (exact) mass is 368 g/mol. The number of furan rings is 2. The molecular formula is C20H20N2O5. The molecule has 0 saturated heterocycles. The summed E-state index contributed by atoms with van der Waals surface area (Å²) in [6.45, 7) is 1.67. The molecule has 0 aliphatic heterocycles. The van der Waals surface area contributed by atoms with Crippen molar-refractivity contribution in [3.63, 3.8) is 0 Å². The van der Waals surface area contributed by atoms with Crippen molar-refractivity contribution >= 4 is 11.8 Å². The van der Waals surface area contributed by atoms with Gasteiger partial charge in [-0.2, -0.15) is 0 Å². The van der Waals surface area contributed by atoms with Gasteiger partial charge in [0.15, 0.2) is 0 Å². The Bertz CT molecular complexity index is 924. The molecule has 0 aliphatic rings. The van der Waals surface area contributed by atoms with Gasteiger partial charge >= 0.3 is 0 Å². The minimum atomic E-state index is -0.422. The van der Waals surface area contributed by atoms with Crippen LogP contribution in [0.1, 0.15) is 28.3 Å². The van der Waals surface area contributed by atoms with Crippen molar-refractivity contribution in [1.29, 1.82) is 0 Å². The van der Waals surface area contributed by atoms with Crippen LogP contribution in [0.15, 0.2) is 57.6 Å². The van der Waals surface area contributed by atoms with Crippen molar-refractivity contribution in [2.45, 2.75) is 19.8 Å². The lowest BCUT2D eigenvalue weighted by Crippen LogP contribution is -2.41. The van der Waals surface area contributed by atoms with E-state index in [2.05, 4.69) is 10.9 Å². The van der Waals surface area contributed by atoms with Crippen molar-refractivity contribution < 1.29 is 23.2 Å². The van der Waals surface area contributed by atoms with Crippen molar-refractivity contribution in [3.8, 4) is 17.1 Å². The van der Waals surface area contributed by atoms with Crippen LogP contribution < -0.4 is 15.6 Å². The predicted octanol–water partition coefficient (Wildman–Crippen LogP) is 3.25. The molecule has 0 fully saturated rings. The Kier molecular flexibility index (Phi) is 5.61. The summed E-state index contributed by atoms with van der Waals surface area (Å²) in [5.41, 5.74) is 6.05. The number of nitrogens with one attached hydrogen (secondary N) is 2. The fourth-order valence-corrected chi connectivity index (χ4v) is 2.54. The molecule has 1 aromatic carbocycles. The molecule has 0 aliphatic carbocycles. The number of amides is 2. The van der Waals surface area contributed by atoms with E-state index in [-0.39, 0.29) is 12.3 Å². The first-order chi connectivity index (χ1) is 13.1. The number of ether oxygens (including phenoxy) is 1. The van der Waals surface area contributed by atoms with Crippen LogP contribution in [0.5, 0.6) is 5.75 Å². The lowest BCUT2D eigenvalue weighted by Gasteiger charge is -2.06. The smallest absolute Gasteiger partial charge is 0.273 e. The van der Waals surface area contributed by atoms with Crippen molar-refractivity contribution in [3.05, 3.63) is 65.8 Å². The van der Waals surface area contributed by atoms with E-state index in [0.717, 1.165) is 17.1 Å². The normalized spacial score (nSPS) is 10.4. The lowest BCUT2D eigenvalue weighted by atomic mass is 10.2. The highest BCUT2D eigenvalue weighted by atomic mass is 16.5. The maximum absolute atomic E-state index is 11.9. The highest BCUT2D eigenvalue weighted by Crippen LogP contribution is 2.24. The van der Waals surface area contributed by atoms with Crippen molar-refractivity contribution in [2.75, 3.05) is 7.11 Å². The van der Waals surface area contributed by atoms with Gasteiger partial charge in [-0.15, -0.1) is 0 Å². The molecule has 2 amide bonds. The Morgan fingerprint density at radius 3 is 2.48 bits per heavy atom. The first kappa shape index (κ1) is 18.3. The second-order valence-corrected chi connectivity index (χ2v) is 5.89. The summed E-state index contributed by atoms with van der Waals surface area (Å²) in [7, 11) is 1.61. The van der Waals surface area contributed by atoms with E-state index >= 15 is 0 Å². The zero-order valence-electron chi connectivity index (χ0n) is 15.1. The largest absolute Gasteiger partial charge is 0.497 e. The third kappa shape index (κ3) is 4.58. The molecule has 2 N–H and O–H groups in total. The van der Waals surface area contributed by atoms with Gasteiger partial charge in [-0.25, -0.2) is 0 Å². The van der Waals surface area contributed by atoms with Gasteiger partial charge in [0.1, 0.15) is 23.0 Å². The quantitative estimate of drug-likeness (QED) is 0.652. The van der Waals surface area contributed by atoms with Crippen LogP contribution in [0, 0.1) is 6.92 Å². The molecule has 2 aromatic heterocycles. The summed E-state index contributed by atoms with van der Waals surface area (Å²) >= 11 is 0. The van der Waals surface area contributed by atoms with E-state index in [0.29, 0.717) is 23.5 Å². The van der Waals surface area contributed by atoms with Crippen LogP contribution in [0.4, 0.5) is 0 Å². The molecule has 140 valence electrons. The number of rotatable bonds is 6. The van der Waals surface area contributed by atoms with Gasteiger partial charge in [-0.1, -0.05) is 0 Å². The van der Waals surface area contributed by atoms with Crippen LogP contribution in [-0.4, -0.2) is 18.9 Å². The molecule has 3 rings (SSSR count). The average Bonchev–Trinajstić information content (AvgIpc) is 3.33. The van der Waals surface area contributed by atoms with E-state index in [1.807, 2.05) is 36.4 Å². The first-order valence-corrected chi connectivity index (χ1v) is 8.43. The van der Waals surface area contributed by atoms with Crippen LogP contribution in [0.3, 0.4) is 0 Å². The number of hydrogen-bond donors (Lipinski definition) is 2. The molecule has 0 unspecified atom stereocenters. The number of carbonyl (C=O) groups excluding carboxylic acids is 2. The molecule has 3 aromatic rings. The Labute approximate surface area is 156 Å². The predicted molar refractivity (Wildman–Crippen MR) is 98.1 cm³/mol. The molecule has 27 heavy (non-hydrogen) atoms. The molecule has 7 nitrogen and oxygen atoms in total. The van der Waals surface area contributed by atoms with Gasteiger partial charge in [0.05, 0.1) is 18.9 Å². The molecular weight excluding hydrogens is 348 g/mol. The zero-order chi connectivity index (χ0) is 19.2. The number of aryl methyl sites for hydroxylation is 2. The van der Waals surface area contributed by atoms with Gasteiger partial charge in [-0.05, 0) is 49.4 Å². The second kappa shape index (κ2) is 8.27. The van der Waals surface area contributed by atoms with Crippen molar-refractivity contribution in [2.24, 2.45) is 0 Å². The second-order valence-electron chi connectivity index (χ2n) is 5.89. The van der Waals surface area contributed by atoms with Crippen LogP contribution in [-0.2, 0) is 11.2 Å².